The van der Waals surface area contributed by atoms with Crippen LogP contribution in [0.2, 0.25) is 0 Å². The van der Waals surface area contributed by atoms with E-state index in [4.69, 9.17) is 5.11 Å². The zero-order valence-electron chi connectivity index (χ0n) is 10.4. The van der Waals surface area contributed by atoms with Crippen molar-refractivity contribution in [3.05, 3.63) is 35.4 Å². The number of benzene rings is 1. The molecular formula is C12H17NO4S. The Kier molecular flexibility index (Phi) is 4.86. The van der Waals surface area contributed by atoms with Crippen LogP contribution < -0.4 is 4.72 Å². The van der Waals surface area contributed by atoms with Gasteiger partial charge in [-0.2, -0.15) is 0 Å². The maximum absolute atomic E-state index is 11.8. The summed E-state index contributed by atoms with van der Waals surface area (Å²) in [5, 5.41) is 8.83. The Morgan fingerprint density at radius 2 is 2.11 bits per heavy atom. The molecule has 1 rings (SSSR count). The van der Waals surface area contributed by atoms with Gasteiger partial charge in [0, 0.05) is 6.04 Å². The Hall–Kier alpha value is -1.40. The Bertz CT molecular complexity index is 525. The largest absolute Gasteiger partial charge is 0.478 e. The van der Waals surface area contributed by atoms with Crippen molar-refractivity contribution in [1.82, 2.24) is 4.72 Å². The van der Waals surface area contributed by atoms with Crippen LogP contribution in [0.3, 0.4) is 0 Å². The van der Waals surface area contributed by atoms with Gasteiger partial charge >= 0.3 is 5.97 Å². The van der Waals surface area contributed by atoms with Crippen LogP contribution in [0.4, 0.5) is 0 Å². The van der Waals surface area contributed by atoms with E-state index in [0.29, 0.717) is 12.0 Å². The molecule has 2 N–H and O–H groups in total. The molecule has 0 aliphatic carbocycles. The number of carbonyl (C=O) groups is 1. The minimum Gasteiger partial charge on any atom is -0.478 e. The molecule has 0 amide bonds. The quantitative estimate of drug-likeness (QED) is 0.823. The standard InChI is InChI=1S/C12H17NO4S/c1-3-9(2)13-18(16,17)8-10-5-4-6-11(7-10)12(14)15/h4-7,9,13H,3,8H2,1-2H3,(H,14,15). The molecule has 0 saturated carbocycles. The first-order chi connectivity index (χ1) is 8.34. The number of sulfonamides is 1. The molecule has 18 heavy (non-hydrogen) atoms. The second kappa shape index (κ2) is 5.97. The fourth-order valence-electron chi connectivity index (χ4n) is 1.45. The van der Waals surface area contributed by atoms with Crippen molar-refractivity contribution in [1.29, 1.82) is 0 Å². The third kappa shape index (κ3) is 4.46. The van der Waals surface area contributed by atoms with E-state index in [-0.39, 0.29) is 17.4 Å². The summed E-state index contributed by atoms with van der Waals surface area (Å²) in [7, 11) is -3.43. The zero-order valence-corrected chi connectivity index (χ0v) is 11.2. The molecule has 0 aliphatic heterocycles. The van der Waals surface area contributed by atoms with E-state index in [9.17, 15) is 13.2 Å². The second-order valence-electron chi connectivity index (χ2n) is 4.19. The topological polar surface area (TPSA) is 83.5 Å². The highest BCUT2D eigenvalue weighted by atomic mass is 32.2. The molecule has 0 aliphatic rings. The number of nitrogens with one attached hydrogen (secondary N) is 1. The van der Waals surface area contributed by atoms with E-state index in [1.807, 2.05) is 6.92 Å². The molecule has 100 valence electrons. The smallest absolute Gasteiger partial charge is 0.335 e. The van der Waals surface area contributed by atoms with E-state index in [1.54, 1.807) is 13.0 Å². The number of rotatable bonds is 6. The minimum absolute atomic E-state index is 0.0891. The van der Waals surface area contributed by atoms with Gasteiger partial charge in [-0.3, -0.25) is 0 Å². The van der Waals surface area contributed by atoms with Crippen LogP contribution in [-0.4, -0.2) is 25.5 Å². The van der Waals surface area contributed by atoms with Crippen LogP contribution >= 0.6 is 0 Å². The van der Waals surface area contributed by atoms with Crippen molar-refractivity contribution in [3.63, 3.8) is 0 Å². The molecule has 5 nitrogen and oxygen atoms in total. The molecule has 0 radical (unpaired) electrons. The van der Waals surface area contributed by atoms with Gasteiger partial charge in [0.1, 0.15) is 0 Å². The van der Waals surface area contributed by atoms with Crippen molar-refractivity contribution < 1.29 is 18.3 Å². The Morgan fingerprint density at radius 1 is 1.44 bits per heavy atom. The van der Waals surface area contributed by atoms with E-state index in [0.717, 1.165) is 0 Å². The highest BCUT2D eigenvalue weighted by molar-refractivity contribution is 7.88. The van der Waals surface area contributed by atoms with Crippen molar-refractivity contribution in [2.24, 2.45) is 0 Å². The number of hydrogen-bond acceptors (Lipinski definition) is 3. The van der Waals surface area contributed by atoms with Crippen LogP contribution in [-0.2, 0) is 15.8 Å². The average molecular weight is 271 g/mol. The van der Waals surface area contributed by atoms with Crippen LogP contribution in [0.15, 0.2) is 24.3 Å². The third-order valence-electron chi connectivity index (χ3n) is 2.52. The van der Waals surface area contributed by atoms with Gasteiger partial charge < -0.3 is 5.11 Å². The van der Waals surface area contributed by atoms with E-state index >= 15 is 0 Å². The molecule has 1 unspecified atom stereocenters. The van der Waals surface area contributed by atoms with Gasteiger partial charge in [0.25, 0.3) is 0 Å². The first-order valence-corrected chi connectivity index (χ1v) is 7.31. The van der Waals surface area contributed by atoms with Crippen LogP contribution in [0.5, 0.6) is 0 Å². The summed E-state index contributed by atoms with van der Waals surface area (Å²) in [6.45, 7) is 3.67. The fourth-order valence-corrected chi connectivity index (χ4v) is 2.93. The number of carboxylic acids is 1. The summed E-state index contributed by atoms with van der Waals surface area (Å²) in [6, 6.07) is 5.82. The molecule has 1 aromatic rings. The van der Waals surface area contributed by atoms with Crippen molar-refractivity contribution >= 4 is 16.0 Å². The minimum atomic E-state index is -3.43. The molecule has 6 heteroatoms. The predicted octanol–water partition coefficient (Wildman–Crippen LogP) is 1.60. The van der Waals surface area contributed by atoms with E-state index < -0.39 is 16.0 Å². The van der Waals surface area contributed by atoms with Gasteiger partial charge in [-0.25, -0.2) is 17.9 Å². The molecule has 0 spiro atoms. The molecule has 0 saturated heterocycles. The van der Waals surface area contributed by atoms with Gasteiger partial charge in [-0.15, -0.1) is 0 Å². The SMILES string of the molecule is CCC(C)NS(=O)(=O)Cc1cccc(C(=O)O)c1. The maximum atomic E-state index is 11.8. The van der Waals surface area contributed by atoms with E-state index in [2.05, 4.69) is 4.72 Å². The van der Waals surface area contributed by atoms with Crippen LogP contribution in [0.25, 0.3) is 0 Å². The highest BCUT2D eigenvalue weighted by Gasteiger charge is 2.15. The molecule has 1 atom stereocenters. The molecule has 1 aromatic carbocycles. The molecule has 0 fully saturated rings. The van der Waals surface area contributed by atoms with E-state index in [1.165, 1.54) is 18.2 Å². The van der Waals surface area contributed by atoms with Gasteiger partial charge in [0.05, 0.1) is 11.3 Å². The monoisotopic (exact) mass is 271 g/mol. The van der Waals surface area contributed by atoms with Gasteiger partial charge in [-0.05, 0) is 31.0 Å². The molecule has 0 heterocycles. The Balaban J connectivity index is 2.84. The predicted molar refractivity (Wildman–Crippen MR) is 68.9 cm³/mol. The molecular weight excluding hydrogens is 254 g/mol. The van der Waals surface area contributed by atoms with Gasteiger partial charge in [-0.1, -0.05) is 19.1 Å². The first-order valence-electron chi connectivity index (χ1n) is 5.66. The average Bonchev–Trinajstić information content (AvgIpc) is 2.27. The third-order valence-corrected chi connectivity index (χ3v) is 4.00. The number of carboxylic acid groups (broad SMARTS) is 1. The van der Waals surface area contributed by atoms with Crippen molar-refractivity contribution in [3.8, 4) is 0 Å². The summed E-state index contributed by atoms with van der Waals surface area (Å²) < 4.78 is 26.1. The normalized spacial score (nSPS) is 13.2. The summed E-state index contributed by atoms with van der Waals surface area (Å²) in [5.41, 5.74) is 0.553. The first kappa shape index (κ1) is 14.7. The zero-order chi connectivity index (χ0) is 13.8. The Labute approximate surface area is 107 Å². The summed E-state index contributed by atoms with van der Waals surface area (Å²) in [4.78, 5) is 10.8. The number of hydrogen-bond donors (Lipinski definition) is 2. The van der Waals surface area contributed by atoms with Crippen molar-refractivity contribution in [2.45, 2.75) is 32.1 Å². The van der Waals surface area contributed by atoms with Crippen molar-refractivity contribution in [2.75, 3.05) is 0 Å². The summed E-state index contributed by atoms with van der Waals surface area (Å²) in [5.74, 6) is -1.28. The fraction of sp³-hybridized carbons (Fsp3) is 0.417. The highest BCUT2D eigenvalue weighted by Crippen LogP contribution is 2.09. The van der Waals surface area contributed by atoms with Gasteiger partial charge in [0.2, 0.25) is 10.0 Å². The number of aromatic carboxylic acids is 1. The maximum Gasteiger partial charge on any atom is 0.335 e. The summed E-state index contributed by atoms with van der Waals surface area (Å²) >= 11 is 0. The lowest BCUT2D eigenvalue weighted by Crippen LogP contribution is -2.33. The molecule has 0 aromatic heterocycles. The second-order valence-corrected chi connectivity index (χ2v) is 5.95. The lowest BCUT2D eigenvalue weighted by molar-refractivity contribution is 0.0696. The lowest BCUT2D eigenvalue weighted by Gasteiger charge is -2.12. The van der Waals surface area contributed by atoms with Crippen LogP contribution in [0.1, 0.15) is 36.2 Å². The molecule has 0 bridgehead atoms. The van der Waals surface area contributed by atoms with Gasteiger partial charge in [0.15, 0.2) is 0 Å². The Morgan fingerprint density at radius 3 is 2.67 bits per heavy atom. The van der Waals surface area contributed by atoms with Crippen LogP contribution in [0, 0.1) is 0 Å². The summed E-state index contributed by atoms with van der Waals surface area (Å²) in [6.07, 6.45) is 0.703. The lowest BCUT2D eigenvalue weighted by atomic mass is 10.1.